The quantitative estimate of drug-likeness (QED) is 0.259. The third-order valence-corrected chi connectivity index (χ3v) is 8.07. The molecule has 0 spiro atoms. The lowest BCUT2D eigenvalue weighted by atomic mass is 9.74. The van der Waals surface area contributed by atoms with E-state index < -0.39 is 58.1 Å². The zero-order valence-corrected chi connectivity index (χ0v) is 22.6. The van der Waals surface area contributed by atoms with Crippen LogP contribution in [-0.4, -0.2) is 41.8 Å². The minimum Gasteiger partial charge on any atom is -0.277 e. The molecule has 2 aliphatic rings. The van der Waals surface area contributed by atoms with E-state index in [1.165, 1.54) is 14.0 Å². The third kappa shape index (κ3) is 4.03. The van der Waals surface area contributed by atoms with Gasteiger partial charge < -0.3 is 0 Å². The fraction of sp³-hybridized carbons (Fsp3) is 0.267. The first-order valence-electron chi connectivity index (χ1n) is 12.7. The van der Waals surface area contributed by atoms with Gasteiger partial charge in [-0.1, -0.05) is 19.1 Å². The van der Waals surface area contributed by atoms with Crippen molar-refractivity contribution in [3.8, 4) is 0 Å². The summed E-state index contributed by atoms with van der Waals surface area (Å²) in [5, 5.41) is 0. The molecule has 1 unspecified atom stereocenters. The molecule has 0 N–H and O–H groups in total. The molecule has 4 amide bonds. The molecule has 1 atom stereocenters. The Balaban J connectivity index is 1.65. The first kappa shape index (κ1) is 29.0. The molecule has 0 saturated heterocycles. The number of hydrogen-bond acceptors (Lipinski definition) is 4. The Bertz CT molecular complexity index is 1730. The second-order valence-electron chi connectivity index (χ2n) is 10.4. The van der Waals surface area contributed by atoms with Gasteiger partial charge in [0.05, 0.1) is 33.5 Å². The Morgan fingerprint density at radius 3 is 1.64 bits per heavy atom. The Morgan fingerprint density at radius 2 is 1.14 bits per heavy atom. The van der Waals surface area contributed by atoms with Gasteiger partial charge in [-0.25, -0.2) is 4.90 Å². The Hall–Kier alpha value is -4.48. The van der Waals surface area contributed by atoms with Crippen molar-refractivity contribution < 1.29 is 45.5 Å². The van der Waals surface area contributed by atoms with E-state index in [4.69, 9.17) is 0 Å². The molecule has 218 valence electrons. The summed E-state index contributed by atoms with van der Waals surface area (Å²) in [6.07, 6.45) is -9.58. The second kappa shape index (κ2) is 9.27. The molecule has 5 rings (SSSR count). The van der Waals surface area contributed by atoms with Gasteiger partial charge in [-0.05, 0) is 78.9 Å². The van der Waals surface area contributed by atoms with Crippen LogP contribution in [-0.2, 0) is 18.0 Å². The van der Waals surface area contributed by atoms with Gasteiger partial charge in [-0.15, -0.1) is 0 Å². The molecule has 3 aromatic rings. The topological polar surface area (TPSA) is 74.8 Å². The van der Waals surface area contributed by atoms with Gasteiger partial charge in [0.15, 0.2) is 0 Å². The summed E-state index contributed by atoms with van der Waals surface area (Å²) in [6, 6.07) is 7.74. The average molecular weight is 589 g/mol. The molecular weight excluding hydrogens is 566 g/mol. The van der Waals surface area contributed by atoms with Crippen LogP contribution in [0.1, 0.15) is 83.1 Å². The zero-order valence-electron chi connectivity index (χ0n) is 22.6. The van der Waals surface area contributed by atoms with Gasteiger partial charge in [0.25, 0.3) is 23.6 Å². The number of anilines is 1. The Labute approximate surface area is 235 Å². The number of aryl methyl sites for hydroxylation is 1. The molecule has 0 bridgehead atoms. The highest BCUT2D eigenvalue weighted by molar-refractivity contribution is 6.34. The number of nitrogens with zero attached hydrogens (tertiary/aromatic N) is 2. The van der Waals surface area contributed by atoms with Crippen LogP contribution in [0.3, 0.4) is 0 Å². The van der Waals surface area contributed by atoms with Crippen LogP contribution in [0.25, 0.3) is 0 Å². The van der Waals surface area contributed by atoms with E-state index in [2.05, 4.69) is 0 Å². The first-order chi connectivity index (χ1) is 19.4. The first-order valence-corrected chi connectivity index (χ1v) is 12.7. The van der Waals surface area contributed by atoms with Crippen LogP contribution in [0, 0.1) is 6.92 Å². The minimum absolute atomic E-state index is 0.0516. The molecule has 0 aromatic heterocycles. The van der Waals surface area contributed by atoms with Crippen molar-refractivity contribution in [2.75, 3.05) is 11.9 Å². The number of amides is 4. The van der Waals surface area contributed by atoms with Crippen LogP contribution < -0.4 is 4.90 Å². The molecule has 2 heterocycles. The number of rotatable bonds is 4. The fourth-order valence-electron chi connectivity index (χ4n) is 5.56. The predicted octanol–water partition coefficient (Wildman–Crippen LogP) is 6.47. The highest BCUT2D eigenvalue weighted by Crippen LogP contribution is 2.48. The van der Waals surface area contributed by atoms with E-state index in [1.54, 1.807) is 6.92 Å². The average Bonchev–Trinajstić information content (AvgIpc) is 3.29. The summed E-state index contributed by atoms with van der Waals surface area (Å²) in [6.45, 7) is 3.89. The lowest BCUT2D eigenvalue weighted by molar-refractivity contribution is -0.173. The van der Waals surface area contributed by atoms with Crippen molar-refractivity contribution in [1.29, 1.82) is 0 Å². The van der Waals surface area contributed by atoms with Crippen LogP contribution in [0.2, 0.25) is 0 Å². The SMILES string of the molecule is CCc1c(C)cc(C(F)(F)F)cc1N1C(=O)c2ccc(C(C)(c3ccc4c(c3)C(=O)N(C)C4=O)C(F)(F)F)cc2C1=O. The van der Waals surface area contributed by atoms with Gasteiger partial charge in [0.1, 0.15) is 5.41 Å². The number of halogens is 6. The molecule has 3 aromatic carbocycles. The number of fused-ring (bicyclic) bond motifs is 2. The van der Waals surface area contributed by atoms with Crippen LogP contribution in [0.4, 0.5) is 32.0 Å². The van der Waals surface area contributed by atoms with Gasteiger partial charge in [0.2, 0.25) is 0 Å². The minimum atomic E-state index is -4.98. The molecule has 2 aliphatic heterocycles. The third-order valence-electron chi connectivity index (χ3n) is 8.07. The number of benzene rings is 3. The maximum absolute atomic E-state index is 14.8. The Kier molecular flexibility index (Phi) is 6.40. The number of carbonyl (C=O) groups excluding carboxylic acids is 4. The van der Waals surface area contributed by atoms with Crippen molar-refractivity contribution in [3.63, 3.8) is 0 Å². The summed E-state index contributed by atoms with van der Waals surface area (Å²) in [4.78, 5) is 53.0. The fourth-order valence-corrected chi connectivity index (χ4v) is 5.56. The standard InChI is InChI=1S/C30H22F6N2O4/c1-5-18-14(2)10-17(29(31,32)33)13-23(18)38-26(41)20-9-7-16(12-22(20)27(38)42)28(3,30(34,35)36)15-6-8-19-21(11-15)25(40)37(4)24(19)39/h6-13H,5H2,1-4H3. The van der Waals surface area contributed by atoms with E-state index in [1.807, 2.05) is 0 Å². The molecule has 42 heavy (non-hydrogen) atoms. The van der Waals surface area contributed by atoms with Crippen molar-refractivity contribution in [2.24, 2.45) is 0 Å². The zero-order chi connectivity index (χ0) is 31.1. The highest BCUT2D eigenvalue weighted by Gasteiger charge is 2.55. The summed E-state index contributed by atoms with van der Waals surface area (Å²) in [5.41, 5.74) is -5.44. The predicted molar refractivity (Wildman–Crippen MR) is 139 cm³/mol. The van der Waals surface area contributed by atoms with E-state index in [0.717, 1.165) is 54.3 Å². The lowest BCUT2D eigenvalue weighted by Gasteiger charge is -2.33. The van der Waals surface area contributed by atoms with E-state index in [9.17, 15) is 45.5 Å². The van der Waals surface area contributed by atoms with Crippen molar-refractivity contribution in [3.05, 3.63) is 98.6 Å². The van der Waals surface area contributed by atoms with Crippen LogP contribution in [0.15, 0.2) is 48.5 Å². The number of alkyl halides is 6. The van der Waals surface area contributed by atoms with Gasteiger partial charge >= 0.3 is 12.4 Å². The van der Waals surface area contributed by atoms with E-state index in [-0.39, 0.29) is 39.9 Å². The Morgan fingerprint density at radius 1 is 0.667 bits per heavy atom. The summed E-state index contributed by atoms with van der Waals surface area (Å²) < 4.78 is 85.2. The molecule has 6 nitrogen and oxygen atoms in total. The number of imide groups is 2. The molecule has 0 aliphatic carbocycles. The van der Waals surface area contributed by atoms with Crippen molar-refractivity contribution in [1.82, 2.24) is 4.90 Å². The number of hydrogen-bond donors (Lipinski definition) is 0. The summed E-state index contributed by atoms with van der Waals surface area (Å²) in [7, 11) is 1.21. The van der Waals surface area contributed by atoms with Crippen molar-refractivity contribution in [2.45, 2.75) is 45.0 Å². The smallest absolute Gasteiger partial charge is 0.277 e. The molecule has 0 radical (unpaired) electrons. The van der Waals surface area contributed by atoms with Gasteiger partial charge in [-0.2, -0.15) is 26.3 Å². The number of carbonyl (C=O) groups is 4. The van der Waals surface area contributed by atoms with Crippen LogP contribution >= 0.6 is 0 Å². The molecule has 0 saturated carbocycles. The monoisotopic (exact) mass is 588 g/mol. The molecule has 12 heteroatoms. The van der Waals surface area contributed by atoms with Crippen LogP contribution in [0.5, 0.6) is 0 Å². The maximum Gasteiger partial charge on any atom is 0.416 e. The van der Waals surface area contributed by atoms with Gasteiger partial charge in [-0.3, -0.25) is 24.1 Å². The summed E-state index contributed by atoms with van der Waals surface area (Å²) in [5.74, 6) is -3.46. The molecule has 0 fully saturated rings. The van der Waals surface area contributed by atoms with E-state index in [0.29, 0.717) is 16.5 Å². The van der Waals surface area contributed by atoms with Crippen molar-refractivity contribution >= 4 is 29.3 Å². The second-order valence-corrected chi connectivity index (χ2v) is 10.4. The lowest BCUT2D eigenvalue weighted by Crippen LogP contribution is -2.41. The highest BCUT2D eigenvalue weighted by atomic mass is 19.4. The summed E-state index contributed by atoms with van der Waals surface area (Å²) >= 11 is 0. The van der Waals surface area contributed by atoms with E-state index >= 15 is 0 Å². The largest absolute Gasteiger partial charge is 0.416 e. The normalized spacial score (nSPS) is 16.7. The molecular formula is C30H22F6N2O4. The maximum atomic E-state index is 14.8. The van der Waals surface area contributed by atoms with Gasteiger partial charge in [0, 0.05) is 7.05 Å².